The van der Waals surface area contributed by atoms with Gasteiger partial charge in [-0.1, -0.05) is 19.8 Å². The van der Waals surface area contributed by atoms with Crippen LogP contribution in [0.2, 0.25) is 0 Å². The van der Waals surface area contributed by atoms with Crippen molar-refractivity contribution in [2.45, 2.75) is 45.4 Å². The van der Waals surface area contributed by atoms with E-state index in [1.54, 1.807) is 11.1 Å². The van der Waals surface area contributed by atoms with Gasteiger partial charge in [0.05, 0.1) is 6.54 Å². The van der Waals surface area contributed by atoms with Gasteiger partial charge in [0.15, 0.2) is 5.13 Å². The second-order valence-electron chi connectivity index (χ2n) is 5.56. The molecule has 1 saturated carbocycles. The van der Waals surface area contributed by atoms with Crippen LogP contribution in [-0.2, 0) is 9.59 Å². The molecule has 0 aromatic carbocycles. The Morgan fingerprint density at radius 3 is 2.86 bits per heavy atom. The molecular formula is C15H23N3O2S. The predicted molar refractivity (Wildman–Crippen MR) is 84.2 cm³/mol. The number of thiazole rings is 1. The van der Waals surface area contributed by atoms with E-state index in [0.717, 1.165) is 25.8 Å². The van der Waals surface area contributed by atoms with Crippen molar-refractivity contribution in [2.75, 3.05) is 18.4 Å². The summed E-state index contributed by atoms with van der Waals surface area (Å²) in [6.45, 7) is 2.98. The van der Waals surface area contributed by atoms with Gasteiger partial charge < -0.3 is 10.2 Å². The van der Waals surface area contributed by atoms with Gasteiger partial charge in [-0.2, -0.15) is 0 Å². The summed E-state index contributed by atoms with van der Waals surface area (Å²) in [5, 5.41) is 5.14. The van der Waals surface area contributed by atoms with E-state index < -0.39 is 0 Å². The number of rotatable bonds is 9. The highest BCUT2D eigenvalue weighted by Gasteiger charge is 2.27. The third-order valence-electron chi connectivity index (χ3n) is 3.54. The van der Waals surface area contributed by atoms with Crippen molar-refractivity contribution in [2.24, 2.45) is 5.92 Å². The van der Waals surface area contributed by atoms with E-state index in [1.165, 1.54) is 24.2 Å². The third-order valence-corrected chi connectivity index (χ3v) is 4.22. The highest BCUT2D eigenvalue weighted by molar-refractivity contribution is 7.13. The number of nitrogens with one attached hydrogen (secondary N) is 1. The number of amides is 2. The van der Waals surface area contributed by atoms with Crippen LogP contribution in [0, 0.1) is 5.92 Å². The van der Waals surface area contributed by atoms with Crippen molar-refractivity contribution >= 4 is 28.3 Å². The summed E-state index contributed by atoms with van der Waals surface area (Å²) in [5.74, 6) is 0.534. The molecule has 5 nitrogen and oxygen atoms in total. The van der Waals surface area contributed by atoms with E-state index in [4.69, 9.17) is 0 Å². The Bertz CT molecular complexity index is 457. The molecule has 116 valence electrons. The number of hydrogen-bond donors (Lipinski definition) is 1. The predicted octanol–water partition coefficient (Wildman–Crippen LogP) is 2.90. The zero-order valence-corrected chi connectivity index (χ0v) is 13.3. The monoisotopic (exact) mass is 309 g/mol. The van der Waals surface area contributed by atoms with Crippen LogP contribution in [0.25, 0.3) is 0 Å². The van der Waals surface area contributed by atoms with Crippen LogP contribution < -0.4 is 5.32 Å². The second-order valence-corrected chi connectivity index (χ2v) is 6.45. The van der Waals surface area contributed by atoms with Crippen molar-refractivity contribution in [3.63, 3.8) is 0 Å². The van der Waals surface area contributed by atoms with Gasteiger partial charge in [-0.3, -0.25) is 9.59 Å². The summed E-state index contributed by atoms with van der Waals surface area (Å²) in [5.41, 5.74) is 0. The first-order valence-electron chi connectivity index (χ1n) is 7.66. The van der Waals surface area contributed by atoms with Gasteiger partial charge in [-0.05, 0) is 25.2 Å². The molecule has 1 aliphatic carbocycles. The van der Waals surface area contributed by atoms with Crippen LogP contribution in [-0.4, -0.2) is 34.8 Å². The van der Waals surface area contributed by atoms with Crippen LogP contribution in [0.1, 0.15) is 45.4 Å². The third kappa shape index (κ3) is 5.83. The van der Waals surface area contributed by atoms with Gasteiger partial charge in [-0.15, -0.1) is 11.3 Å². The molecule has 0 bridgehead atoms. The molecule has 1 aromatic heterocycles. The lowest BCUT2D eigenvalue weighted by atomic mass is 10.2. The largest absolute Gasteiger partial charge is 0.333 e. The fraction of sp³-hybridized carbons (Fsp3) is 0.667. The molecule has 1 N–H and O–H groups in total. The number of unbranched alkanes of at least 4 members (excludes halogenated alkanes) is 2. The van der Waals surface area contributed by atoms with Crippen molar-refractivity contribution in [1.82, 2.24) is 9.88 Å². The molecule has 0 unspecified atom stereocenters. The maximum atomic E-state index is 12.3. The fourth-order valence-corrected chi connectivity index (χ4v) is 2.71. The zero-order valence-electron chi connectivity index (χ0n) is 12.5. The lowest BCUT2D eigenvalue weighted by Crippen LogP contribution is -2.39. The van der Waals surface area contributed by atoms with Crippen LogP contribution in [0.3, 0.4) is 0 Å². The summed E-state index contributed by atoms with van der Waals surface area (Å²) in [7, 11) is 0. The molecule has 21 heavy (non-hydrogen) atoms. The fourth-order valence-electron chi connectivity index (χ4n) is 2.17. The average molecular weight is 309 g/mol. The quantitative estimate of drug-likeness (QED) is 0.713. The maximum Gasteiger partial charge on any atom is 0.245 e. The lowest BCUT2D eigenvalue weighted by Gasteiger charge is -2.22. The molecule has 1 aromatic rings. The molecular weight excluding hydrogens is 286 g/mol. The molecule has 0 radical (unpaired) electrons. The Labute approximate surface area is 129 Å². The summed E-state index contributed by atoms with van der Waals surface area (Å²) in [6, 6.07) is 0. The Kier molecular flexibility index (Phi) is 6.17. The van der Waals surface area contributed by atoms with E-state index in [2.05, 4.69) is 17.2 Å². The van der Waals surface area contributed by atoms with Gasteiger partial charge >= 0.3 is 0 Å². The summed E-state index contributed by atoms with van der Waals surface area (Å²) in [6.07, 6.45) is 7.61. The standard InChI is InChI=1S/C15H23N3O2S/c1-2-3-4-5-14(20)18(10-12-6-7-12)11-13(19)17-15-16-8-9-21-15/h8-9,12H,2-7,10-11H2,1H3,(H,16,17,19). The zero-order chi connectivity index (χ0) is 15.1. The first-order chi connectivity index (χ1) is 10.2. The van der Waals surface area contributed by atoms with Gasteiger partial charge in [-0.25, -0.2) is 4.98 Å². The highest BCUT2D eigenvalue weighted by atomic mass is 32.1. The van der Waals surface area contributed by atoms with Gasteiger partial charge in [0.2, 0.25) is 11.8 Å². The number of aromatic nitrogens is 1. The molecule has 1 heterocycles. The minimum absolute atomic E-state index is 0.102. The summed E-state index contributed by atoms with van der Waals surface area (Å²) in [4.78, 5) is 30.0. The molecule has 0 spiro atoms. The summed E-state index contributed by atoms with van der Waals surface area (Å²) >= 11 is 1.38. The Hall–Kier alpha value is -1.43. The van der Waals surface area contributed by atoms with Gasteiger partial charge in [0.1, 0.15) is 0 Å². The number of anilines is 1. The topological polar surface area (TPSA) is 62.3 Å². The van der Waals surface area contributed by atoms with Crippen molar-refractivity contribution in [1.29, 1.82) is 0 Å². The Morgan fingerprint density at radius 1 is 1.43 bits per heavy atom. The second kappa shape index (κ2) is 8.12. The van der Waals surface area contributed by atoms with E-state index in [1.807, 2.05) is 5.38 Å². The normalized spacial score (nSPS) is 14.0. The van der Waals surface area contributed by atoms with Crippen molar-refractivity contribution in [3.05, 3.63) is 11.6 Å². The summed E-state index contributed by atoms with van der Waals surface area (Å²) < 4.78 is 0. The average Bonchev–Trinajstić information content (AvgIpc) is 3.13. The molecule has 2 rings (SSSR count). The van der Waals surface area contributed by atoms with E-state index in [0.29, 0.717) is 17.5 Å². The highest BCUT2D eigenvalue weighted by Crippen LogP contribution is 2.30. The molecule has 0 aliphatic heterocycles. The number of hydrogen-bond acceptors (Lipinski definition) is 4. The molecule has 1 fully saturated rings. The van der Waals surface area contributed by atoms with Crippen LogP contribution in [0.15, 0.2) is 11.6 Å². The van der Waals surface area contributed by atoms with Crippen LogP contribution in [0.4, 0.5) is 5.13 Å². The molecule has 2 amide bonds. The number of carbonyl (C=O) groups is 2. The van der Waals surface area contributed by atoms with Crippen molar-refractivity contribution in [3.8, 4) is 0 Å². The van der Waals surface area contributed by atoms with Crippen LogP contribution >= 0.6 is 11.3 Å². The minimum Gasteiger partial charge on any atom is -0.333 e. The van der Waals surface area contributed by atoms with Gasteiger partial charge in [0, 0.05) is 24.5 Å². The number of nitrogens with zero attached hydrogens (tertiary/aromatic N) is 2. The Morgan fingerprint density at radius 2 is 2.24 bits per heavy atom. The minimum atomic E-state index is -0.158. The maximum absolute atomic E-state index is 12.3. The van der Waals surface area contributed by atoms with E-state index in [9.17, 15) is 9.59 Å². The molecule has 0 atom stereocenters. The van der Waals surface area contributed by atoms with E-state index in [-0.39, 0.29) is 18.4 Å². The van der Waals surface area contributed by atoms with Crippen LogP contribution in [0.5, 0.6) is 0 Å². The lowest BCUT2D eigenvalue weighted by molar-refractivity contribution is -0.135. The smallest absolute Gasteiger partial charge is 0.245 e. The first-order valence-corrected chi connectivity index (χ1v) is 8.54. The van der Waals surface area contributed by atoms with Gasteiger partial charge in [0.25, 0.3) is 0 Å². The number of carbonyl (C=O) groups excluding carboxylic acids is 2. The first kappa shape index (κ1) is 15.9. The molecule has 1 aliphatic rings. The molecule has 0 saturated heterocycles. The molecule has 6 heteroatoms. The van der Waals surface area contributed by atoms with Crippen molar-refractivity contribution < 1.29 is 9.59 Å². The SMILES string of the molecule is CCCCCC(=O)N(CC(=O)Nc1nccs1)CC1CC1. The Balaban J connectivity index is 1.82. The van der Waals surface area contributed by atoms with E-state index >= 15 is 0 Å².